The fraction of sp³-hybridized carbons (Fsp3) is 0.476. The number of hydrogen-bond donors (Lipinski definition) is 2. The highest BCUT2D eigenvalue weighted by Crippen LogP contribution is 2.29. The van der Waals surface area contributed by atoms with E-state index in [4.69, 9.17) is 14.7 Å². The van der Waals surface area contributed by atoms with Crippen LogP contribution < -0.4 is 15.0 Å². The zero-order valence-electron chi connectivity index (χ0n) is 17.2. The second-order valence-electron chi connectivity index (χ2n) is 7.63. The summed E-state index contributed by atoms with van der Waals surface area (Å²) in [6, 6.07) is 8.21. The molecule has 154 valence electrons. The first-order valence-corrected chi connectivity index (χ1v) is 10.1. The Labute approximate surface area is 170 Å². The summed E-state index contributed by atoms with van der Waals surface area (Å²) in [6.45, 7) is 5.73. The van der Waals surface area contributed by atoms with E-state index in [-0.39, 0.29) is 18.7 Å². The number of aliphatic hydroxyl groups excluding tert-OH is 1. The van der Waals surface area contributed by atoms with Gasteiger partial charge in [-0.05, 0) is 32.8 Å². The molecular formula is C21H28N6O2. The summed E-state index contributed by atoms with van der Waals surface area (Å²) in [4.78, 5) is 16.3. The van der Waals surface area contributed by atoms with Gasteiger partial charge in [0.15, 0.2) is 17.0 Å². The van der Waals surface area contributed by atoms with Crippen molar-refractivity contribution < 1.29 is 9.84 Å². The molecule has 4 rings (SSSR count). The van der Waals surface area contributed by atoms with E-state index in [0.717, 1.165) is 41.9 Å². The van der Waals surface area contributed by atoms with Crippen molar-refractivity contribution >= 4 is 22.9 Å². The molecule has 3 heterocycles. The minimum atomic E-state index is 0.0601. The third kappa shape index (κ3) is 3.72. The Morgan fingerprint density at radius 1 is 1.28 bits per heavy atom. The maximum absolute atomic E-state index is 9.75. The monoisotopic (exact) mass is 396 g/mol. The molecule has 8 heteroatoms. The van der Waals surface area contributed by atoms with Gasteiger partial charge < -0.3 is 24.6 Å². The van der Waals surface area contributed by atoms with Crippen LogP contribution in [0.5, 0.6) is 5.75 Å². The number of nitrogens with one attached hydrogen (secondary N) is 1. The standard InChI is InChI=1S/C21H28N6O2/c1-14(2)27-13-23-18-19(22-11-15-7-4-5-9-17(15)29-3)24-21(25-20(18)27)26-10-6-8-16(26)12-28/h4-5,7,9,13-14,16,28H,6,8,10-12H2,1-3H3,(H,22,24,25). The van der Waals surface area contributed by atoms with E-state index in [9.17, 15) is 5.11 Å². The summed E-state index contributed by atoms with van der Waals surface area (Å²) in [5.41, 5.74) is 2.59. The second-order valence-corrected chi connectivity index (χ2v) is 7.63. The Morgan fingerprint density at radius 2 is 2.10 bits per heavy atom. The highest BCUT2D eigenvalue weighted by Gasteiger charge is 2.27. The molecule has 1 aliphatic heterocycles. The van der Waals surface area contributed by atoms with Crippen LogP contribution in [0.4, 0.5) is 11.8 Å². The molecule has 2 aromatic heterocycles. The Kier molecular flexibility index (Phi) is 5.53. The molecule has 1 aromatic carbocycles. The summed E-state index contributed by atoms with van der Waals surface area (Å²) in [7, 11) is 1.67. The summed E-state index contributed by atoms with van der Waals surface area (Å²) in [5.74, 6) is 2.16. The molecule has 0 amide bonds. The first kappa shape index (κ1) is 19.4. The van der Waals surface area contributed by atoms with Gasteiger partial charge >= 0.3 is 0 Å². The maximum atomic E-state index is 9.75. The first-order valence-electron chi connectivity index (χ1n) is 10.1. The quantitative estimate of drug-likeness (QED) is 0.635. The smallest absolute Gasteiger partial charge is 0.229 e. The van der Waals surface area contributed by atoms with Crippen molar-refractivity contribution in [3.63, 3.8) is 0 Å². The van der Waals surface area contributed by atoms with Gasteiger partial charge in [0.1, 0.15) is 5.75 Å². The number of anilines is 2. The lowest BCUT2D eigenvalue weighted by atomic mass is 10.2. The van der Waals surface area contributed by atoms with Crippen LogP contribution >= 0.6 is 0 Å². The SMILES string of the molecule is COc1ccccc1CNc1nc(N2CCCC2CO)nc2c1ncn2C(C)C. The number of para-hydroxylation sites is 1. The van der Waals surface area contributed by atoms with Gasteiger partial charge in [0, 0.05) is 24.7 Å². The average Bonchev–Trinajstić information content (AvgIpc) is 3.38. The lowest BCUT2D eigenvalue weighted by molar-refractivity contribution is 0.265. The van der Waals surface area contributed by atoms with Crippen molar-refractivity contribution in [2.75, 3.05) is 30.5 Å². The molecule has 8 nitrogen and oxygen atoms in total. The topological polar surface area (TPSA) is 88.3 Å². The molecular weight excluding hydrogens is 368 g/mol. The molecule has 0 bridgehead atoms. The summed E-state index contributed by atoms with van der Waals surface area (Å²) in [6.07, 6.45) is 3.79. The number of aromatic nitrogens is 4. The number of benzene rings is 1. The van der Waals surface area contributed by atoms with E-state index < -0.39 is 0 Å². The van der Waals surface area contributed by atoms with Gasteiger partial charge in [-0.3, -0.25) is 0 Å². The van der Waals surface area contributed by atoms with E-state index in [1.807, 2.05) is 30.6 Å². The zero-order chi connectivity index (χ0) is 20.4. The molecule has 2 N–H and O–H groups in total. The summed E-state index contributed by atoms with van der Waals surface area (Å²) >= 11 is 0. The van der Waals surface area contributed by atoms with Crippen LogP contribution in [0.25, 0.3) is 11.2 Å². The van der Waals surface area contributed by atoms with Crippen molar-refractivity contribution in [3.05, 3.63) is 36.2 Å². The molecule has 3 aromatic rings. The molecule has 1 atom stereocenters. The van der Waals surface area contributed by atoms with Crippen molar-refractivity contribution in [2.24, 2.45) is 0 Å². The van der Waals surface area contributed by atoms with Crippen LogP contribution in [0.2, 0.25) is 0 Å². The normalized spacial score (nSPS) is 16.7. The Balaban J connectivity index is 1.73. The fourth-order valence-electron chi connectivity index (χ4n) is 3.85. The second kappa shape index (κ2) is 8.24. The van der Waals surface area contributed by atoms with Gasteiger partial charge in [0.05, 0.1) is 26.1 Å². The minimum absolute atomic E-state index is 0.0601. The number of fused-ring (bicyclic) bond motifs is 1. The lowest BCUT2D eigenvalue weighted by Crippen LogP contribution is -2.33. The predicted molar refractivity (Wildman–Crippen MR) is 113 cm³/mol. The van der Waals surface area contributed by atoms with Crippen LogP contribution in [0.3, 0.4) is 0 Å². The van der Waals surface area contributed by atoms with Gasteiger partial charge in [-0.25, -0.2) is 4.98 Å². The van der Waals surface area contributed by atoms with Crippen molar-refractivity contribution in [1.82, 2.24) is 19.5 Å². The van der Waals surface area contributed by atoms with Crippen molar-refractivity contribution in [1.29, 1.82) is 0 Å². The molecule has 1 aliphatic rings. The van der Waals surface area contributed by atoms with Crippen LogP contribution in [0.15, 0.2) is 30.6 Å². The number of imidazole rings is 1. The maximum Gasteiger partial charge on any atom is 0.229 e. The largest absolute Gasteiger partial charge is 0.496 e. The van der Waals surface area contributed by atoms with Crippen LogP contribution in [0, 0.1) is 0 Å². The van der Waals surface area contributed by atoms with E-state index in [0.29, 0.717) is 18.3 Å². The zero-order valence-corrected chi connectivity index (χ0v) is 17.2. The number of aliphatic hydroxyl groups is 1. The fourth-order valence-corrected chi connectivity index (χ4v) is 3.85. The van der Waals surface area contributed by atoms with Crippen molar-refractivity contribution in [3.8, 4) is 5.75 Å². The number of ether oxygens (including phenoxy) is 1. The number of methoxy groups -OCH3 is 1. The first-order chi connectivity index (χ1) is 14.1. The summed E-state index contributed by atoms with van der Waals surface area (Å²) in [5, 5.41) is 13.2. The van der Waals surface area contributed by atoms with Crippen LogP contribution in [-0.4, -0.2) is 50.9 Å². The minimum Gasteiger partial charge on any atom is -0.496 e. The average molecular weight is 396 g/mol. The van der Waals surface area contributed by atoms with Crippen LogP contribution in [-0.2, 0) is 6.54 Å². The van der Waals surface area contributed by atoms with E-state index in [1.54, 1.807) is 7.11 Å². The van der Waals surface area contributed by atoms with Gasteiger partial charge in [0.25, 0.3) is 0 Å². The Hall–Kier alpha value is -2.87. The number of nitrogens with zero attached hydrogens (tertiary/aromatic N) is 5. The highest BCUT2D eigenvalue weighted by atomic mass is 16.5. The predicted octanol–water partition coefficient (Wildman–Crippen LogP) is 2.99. The third-order valence-corrected chi connectivity index (χ3v) is 5.45. The molecule has 0 saturated carbocycles. The molecule has 0 aliphatic carbocycles. The third-order valence-electron chi connectivity index (χ3n) is 5.45. The van der Waals surface area contributed by atoms with E-state index >= 15 is 0 Å². The lowest BCUT2D eigenvalue weighted by Gasteiger charge is -2.24. The van der Waals surface area contributed by atoms with E-state index in [1.165, 1.54) is 0 Å². The number of rotatable bonds is 7. The van der Waals surface area contributed by atoms with Gasteiger partial charge in [-0.1, -0.05) is 18.2 Å². The molecule has 1 saturated heterocycles. The molecule has 1 fully saturated rings. The number of hydrogen-bond acceptors (Lipinski definition) is 7. The highest BCUT2D eigenvalue weighted by molar-refractivity contribution is 5.84. The molecule has 1 unspecified atom stereocenters. The molecule has 0 radical (unpaired) electrons. The van der Waals surface area contributed by atoms with Crippen molar-refractivity contribution in [2.45, 2.75) is 45.3 Å². The van der Waals surface area contributed by atoms with Gasteiger partial charge in [0.2, 0.25) is 5.95 Å². The molecule has 0 spiro atoms. The van der Waals surface area contributed by atoms with Gasteiger partial charge in [-0.15, -0.1) is 0 Å². The van der Waals surface area contributed by atoms with Gasteiger partial charge in [-0.2, -0.15) is 9.97 Å². The van der Waals surface area contributed by atoms with E-state index in [2.05, 4.69) is 33.6 Å². The van der Waals surface area contributed by atoms with Crippen LogP contribution in [0.1, 0.15) is 38.3 Å². The Bertz CT molecular complexity index is 986. The Morgan fingerprint density at radius 3 is 2.86 bits per heavy atom. The molecule has 29 heavy (non-hydrogen) atoms. The summed E-state index contributed by atoms with van der Waals surface area (Å²) < 4.78 is 7.52.